The monoisotopic (exact) mass is 459 g/mol. The van der Waals surface area contributed by atoms with Crippen molar-refractivity contribution in [2.75, 3.05) is 52.9 Å². The van der Waals surface area contributed by atoms with Gasteiger partial charge in [-0.2, -0.15) is 5.26 Å². The standard InChI is InChI=1S/C29H41N5/c1-23-6-5-7-24(2)29(23)22-32-13-16-33(17-14-32)25(3)18-28-21-31(4)12-15-34(28)20-27-10-8-26(19-30)9-11-27/h5-11,25,28H,12-18,20-22H2,1-4H3. The molecule has 0 bridgehead atoms. The normalized spacial score (nSPS) is 21.9. The second kappa shape index (κ2) is 11.5. The van der Waals surface area contributed by atoms with Gasteiger partial charge >= 0.3 is 0 Å². The third-order valence-electron chi connectivity index (χ3n) is 7.95. The van der Waals surface area contributed by atoms with E-state index in [1.807, 2.05) is 12.1 Å². The Balaban J connectivity index is 1.31. The highest BCUT2D eigenvalue weighted by Gasteiger charge is 2.29. The van der Waals surface area contributed by atoms with Gasteiger partial charge in [-0.1, -0.05) is 30.3 Å². The summed E-state index contributed by atoms with van der Waals surface area (Å²) in [7, 11) is 2.25. The van der Waals surface area contributed by atoms with Gasteiger partial charge in [0, 0.05) is 71.0 Å². The lowest BCUT2D eigenvalue weighted by molar-refractivity contribution is 0.0418. The molecule has 4 rings (SSSR count). The highest BCUT2D eigenvalue weighted by atomic mass is 15.3. The molecule has 2 atom stereocenters. The van der Waals surface area contributed by atoms with Gasteiger partial charge in [-0.25, -0.2) is 0 Å². The molecule has 0 N–H and O–H groups in total. The Bertz CT molecular complexity index is 951. The van der Waals surface area contributed by atoms with Crippen molar-refractivity contribution in [3.63, 3.8) is 0 Å². The van der Waals surface area contributed by atoms with Gasteiger partial charge in [-0.05, 0) is 68.6 Å². The minimum Gasteiger partial charge on any atom is -0.304 e. The van der Waals surface area contributed by atoms with Crippen LogP contribution in [0, 0.1) is 25.2 Å². The minimum absolute atomic E-state index is 0.567. The first-order valence-electron chi connectivity index (χ1n) is 12.9. The maximum Gasteiger partial charge on any atom is 0.0991 e. The second-order valence-corrected chi connectivity index (χ2v) is 10.5. The summed E-state index contributed by atoms with van der Waals surface area (Å²) in [4.78, 5) is 10.5. The SMILES string of the molecule is Cc1cccc(C)c1CN1CCN(C(C)CC2CN(C)CCN2Cc2ccc(C#N)cc2)CC1. The molecule has 0 radical (unpaired) electrons. The van der Waals surface area contributed by atoms with Crippen LogP contribution in [-0.4, -0.2) is 84.5 Å². The van der Waals surface area contributed by atoms with Crippen LogP contribution in [0.25, 0.3) is 0 Å². The van der Waals surface area contributed by atoms with Crippen LogP contribution in [0.3, 0.4) is 0 Å². The first kappa shape index (κ1) is 24.9. The molecule has 2 fully saturated rings. The van der Waals surface area contributed by atoms with E-state index in [4.69, 9.17) is 5.26 Å². The van der Waals surface area contributed by atoms with Crippen LogP contribution in [-0.2, 0) is 13.1 Å². The Morgan fingerprint density at radius 2 is 1.59 bits per heavy atom. The van der Waals surface area contributed by atoms with E-state index in [2.05, 4.69) is 83.8 Å². The second-order valence-electron chi connectivity index (χ2n) is 10.5. The van der Waals surface area contributed by atoms with Crippen LogP contribution in [0.2, 0.25) is 0 Å². The van der Waals surface area contributed by atoms with Crippen LogP contribution in [0.1, 0.15) is 41.2 Å². The molecule has 2 saturated heterocycles. The average molecular weight is 460 g/mol. The topological polar surface area (TPSA) is 36.8 Å². The molecule has 2 heterocycles. The van der Waals surface area contributed by atoms with E-state index < -0.39 is 0 Å². The zero-order chi connectivity index (χ0) is 24.1. The molecular formula is C29H41N5. The third kappa shape index (κ3) is 6.25. The number of likely N-dealkylation sites (N-methyl/N-ethyl adjacent to an activating group) is 1. The van der Waals surface area contributed by atoms with E-state index in [1.165, 1.54) is 28.7 Å². The van der Waals surface area contributed by atoms with E-state index in [0.29, 0.717) is 12.1 Å². The Labute approximate surface area is 206 Å². The fraction of sp³-hybridized carbons (Fsp3) is 0.552. The summed E-state index contributed by atoms with van der Waals surface area (Å²) in [6, 6.07) is 18.2. The molecule has 5 heteroatoms. The summed E-state index contributed by atoms with van der Waals surface area (Å²) >= 11 is 0. The highest BCUT2D eigenvalue weighted by Crippen LogP contribution is 2.22. The lowest BCUT2D eigenvalue weighted by atomic mass is 10.0. The molecule has 2 unspecified atom stereocenters. The number of hydrogen-bond donors (Lipinski definition) is 0. The largest absolute Gasteiger partial charge is 0.304 e. The Kier molecular flexibility index (Phi) is 8.39. The Morgan fingerprint density at radius 1 is 0.912 bits per heavy atom. The molecule has 2 aromatic carbocycles. The van der Waals surface area contributed by atoms with Gasteiger partial charge in [0.1, 0.15) is 0 Å². The average Bonchev–Trinajstić information content (AvgIpc) is 2.84. The number of nitriles is 1. The van der Waals surface area contributed by atoms with Crippen molar-refractivity contribution in [3.05, 3.63) is 70.3 Å². The molecular weight excluding hydrogens is 418 g/mol. The van der Waals surface area contributed by atoms with Crippen molar-refractivity contribution >= 4 is 0 Å². The smallest absolute Gasteiger partial charge is 0.0991 e. The van der Waals surface area contributed by atoms with Crippen molar-refractivity contribution in [1.29, 1.82) is 5.26 Å². The van der Waals surface area contributed by atoms with Crippen LogP contribution < -0.4 is 0 Å². The van der Waals surface area contributed by atoms with Gasteiger partial charge in [0.05, 0.1) is 11.6 Å². The molecule has 0 saturated carbocycles. The Hall–Kier alpha value is -2.23. The van der Waals surface area contributed by atoms with Crippen molar-refractivity contribution in [3.8, 4) is 6.07 Å². The molecule has 182 valence electrons. The predicted molar refractivity (Wildman–Crippen MR) is 140 cm³/mol. The van der Waals surface area contributed by atoms with Gasteiger partial charge in [-0.3, -0.25) is 14.7 Å². The van der Waals surface area contributed by atoms with E-state index in [1.54, 1.807) is 0 Å². The van der Waals surface area contributed by atoms with Gasteiger partial charge in [0.2, 0.25) is 0 Å². The number of nitrogens with zero attached hydrogens (tertiary/aromatic N) is 5. The molecule has 34 heavy (non-hydrogen) atoms. The molecule has 2 aromatic rings. The number of hydrogen-bond acceptors (Lipinski definition) is 5. The fourth-order valence-electron chi connectivity index (χ4n) is 5.63. The zero-order valence-corrected chi connectivity index (χ0v) is 21.5. The van der Waals surface area contributed by atoms with Gasteiger partial charge in [-0.15, -0.1) is 0 Å². The quantitative estimate of drug-likeness (QED) is 0.628. The number of rotatable bonds is 7. The van der Waals surface area contributed by atoms with E-state index in [0.717, 1.165) is 64.5 Å². The van der Waals surface area contributed by atoms with Crippen LogP contribution >= 0.6 is 0 Å². The van der Waals surface area contributed by atoms with Crippen molar-refractivity contribution in [1.82, 2.24) is 19.6 Å². The highest BCUT2D eigenvalue weighted by molar-refractivity contribution is 5.33. The molecule has 2 aliphatic heterocycles. The van der Waals surface area contributed by atoms with Crippen molar-refractivity contribution < 1.29 is 0 Å². The van der Waals surface area contributed by atoms with Gasteiger partial charge in [0.25, 0.3) is 0 Å². The van der Waals surface area contributed by atoms with E-state index in [9.17, 15) is 0 Å². The van der Waals surface area contributed by atoms with E-state index >= 15 is 0 Å². The number of piperazine rings is 2. The summed E-state index contributed by atoms with van der Waals surface area (Å²) in [5, 5.41) is 9.08. The molecule has 0 aromatic heterocycles. The van der Waals surface area contributed by atoms with Crippen molar-refractivity contribution in [2.24, 2.45) is 0 Å². The lowest BCUT2D eigenvalue weighted by Crippen LogP contribution is -2.55. The maximum absolute atomic E-state index is 9.08. The van der Waals surface area contributed by atoms with Crippen LogP contribution in [0.4, 0.5) is 0 Å². The molecule has 0 spiro atoms. The third-order valence-corrected chi connectivity index (χ3v) is 7.95. The van der Waals surface area contributed by atoms with Crippen molar-refractivity contribution in [2.45, 2.75) is 52.4 Å². The summed E-state index contributed by atoms with van der Waals surface area (Å²) in [6.45, 7) is 16.9. The zero-order valence-electron chi connectivity index (χ0n) is 21.5. The fourth-order valence-corrected chi connectivity index (χ4v) is 5.63. The summed E-state index contributed by atoms with van der Waals surface area (Å²) < 4.78 is 0. The predicted octanol–water partition coefficient (Wildman–Crippen LogP) is 3.89. The van der Waals surface area contributed by atoms with Gasteiger partial charge in [0.15, 0.2) is 0 Å². The Morgan fingerprint density at radius 3 is 2.24 bits per heavy atom. The molecule has 0 amide bonds. The summed E-state index contributed by atoms with van der Waals surface area (Å²) in [5.74, 6) is 0. The molecule has 5 nitrogen and oxygen atoms in total. The number of benzene rings is 2. The summed E-state index contributed by atoms with van der Waals surface area (Å²) in [5.41, 5.74) is 6.39. The number of aryl methyl sites for hydroxylation is 2. The molecule has 0 aliphatic carbocycles. The molecule has 2 aliphatic rings. The minimum atomic E-state index is 0.567. The summed E-state index contributed by atoms with van der Waals surface area (Å²) in [6.07, 6.45) is 1.21. The van der Waals surface area contributed by atoms with E-state index in [-0.39, 0.29) is 0 Å². The van der Waals surface area contributed by atoms with Gasteiger partial charge < -0.3 is 4.90 Å². The van der Waals surface area contributed by atoms with Crippen LogP contribution in [0.15, 0.2) is 42.5 Å². The first-order valence-corrected chi connectivity index (χ1v) is 12.9. The first-order chi connectivity index (χ1) is 16.4. The van der Waals surface area contributed by atoms with Crippen LogP contribution in [0.5, 0.6) is 0 Å². The maximum atomic E-state index is 9.08. The lowest BCUT2D eigenvalue weighted by Gasteiger charge is -2.44.